The number of ether oxygens (including phenoxy) is 6. The van der Waals surface area contributed by atoms with E-state index in [0.717, 1.165) is 0 Å². The molecule has 1 amide bonds. The Labute approximate surface area is 299 Å². The van der Waals surface area contributed by atoms with Gasteiger partial charge in [-0.25, -0.2) is 0 Å². The van der Waals surface area contributed by atoms with Gasteiger partial charge in [0.25, 0.3) is 0 Å². The standard InChI is InChI=1S/C26H51N7O11.C2H.Y/c1-7-8(2)15(32)24(40-12(7)5-27)42-21-10(30)3-9(29)17(35)23(21)44-26-20(38)22(11(39-26)4-14(31)34)43-25-16(33)19(37)18(36)13(6-28)41-25;1-2;/h7-13,15-26,35-38H,3-6,27-30,32-33H2,1-2H3,(H2,31,34);1H;/q;-1;/p-1/t7-,8+,9-,10?,11-,12?,13+,15?,16?,17?,18-,19?,20?,21+,22+,23-,24+,25-,26+;;/m1../s1. The van der Waals surface area contributed by atoms with Crippen molar-refractivity contribution in [1.82, 2.24) is 0 Å². The Hall–Kier alpha value is -0.506. The molecule has 1 saturated carbocycles. The summed E-state index contributed by atoms with van der Waals surface area (Å²) in [6.45, 7) is 4.01. The summed E-state index contributed by atoms with van der Waals surface area (Å²) in [6.07, 6.45) is -7.21. The molecule has 0 aromatic rings. The second-order valence-corrected chi connectivity index (χ2v) is 12.4. The number of nitrogens with two attached hydrogens (primary N) is 6. The summed E-state index contributed by atoms with van der Waals surface area (Å²) in [5.74, 6) is -0.992. The van der Waals surface area contributed by atoms with E-state index in [1.165, 1.54) is 0 Å². The third-order valence-corrected chi connectivity index (χ3v) is 9.48. The minimum Gasteiger partial charge on any atom is -0.697 e. The second-order valence-electron chi connectivity index (χ2n) is 12.4. The van der Waals surface area contributed by atoms with Gasteiger partial charge in [0.2, 0.25) is 0 Å². The Balaban J connectivity index is 0.00000251. The first-order valence-corrected chi connectivity index (χ1v) is 15.3. The van der Waals surface area contributed by atoms with Crippen LogP contribution in [0, 0.1) is 24.7 Å². The molecule has 0 aromatic heterocycles. The van der Waals surface area contributed by atoms with Crippen LogP contribution in [0.15, 0.2) is 0 Å². The molecule has 4 fully saturated rings. The number of aliphatic hydroxyl groups excluding tert-OH is 4. The zero-order valence-electron chi connectivity index (χ0n) is 26.6. The Morgan fingerprint density at radius 1 is 0.723 bits per heavy atom. The number of carbonyl (C=O) groups excluding carboxylic acids is 1. The van der Waals surface area contributed by atoms with Gasteiger partial charge in [-0.2, -0.15) is 0 Å². The molecule has 1 radical (unpaired) electrons. The molecular weight excluding hydrogens is 699 g/mol. The minimum atomic E-state index is -1.62. The fourth-order valence-electron chi connectivity index (χ4n) is 6.39. The van der Waals surface area contributed by atoms with Crippen LogP contribution in [-0.4, -0.2) is 143 Å². The fraction of sp³-hybridized carbons (Fsp3) is 0.893. The summed E-state index contributed by atoms with van der Waals surface area (Å²) in [7, 11) is 0. The number of terminal acetylenes is 1. The molecule has 3 aliphatic heterocycles. The third-order valence-electron chi connectivity index (χ3n) is 9.48. The van der Waals surface area contributed by atoms with Gasteiger partial charge in [0.15, 0.2) is 18.9 Å². The number of nitrogens with one attached hydrogen (secondary N) is 1. The van der Waals surface area contributed by atoms with E-state index in [9.17, 15) is 25.2 Å². The van der Waals surface area contributed by atoms with Crippen LogP contribution >= 0.6 is 0 Å². The van der Waals surface area contributed by atoms with E-state index < -0.39 is 110 Å². The molecule has 18 nitrogen and oxygen atoms in total. The molecular formula is C28H51N7O11Y-2. The van der Waals surface area contributed by atoms with Gasteiger partial charge in [-0.15, -0.1) is 0 Å². The van der Waals surface area contributed by atoms with Crippen LogP contribution in [0.4, 0.5) is 0 Å². The zero-order valence-corrected chi connectivity index (χ0v) is 29.4. The van der Waals surface area contributed by atoms with E-state index in [4.69, 9.17) is 75.0 Å². The summed E-state index contributed by atoms with van der Waals surface area (Å²) >= 11 is 0. The van der Waals surface area contributed by atoms with Crippen molar-refractivity contribution in [2.45, 2.75) is 131 Å². The first kappa shape index (κ1) is 42.7. The van der Waals surface area contributed by atoms with Crippen molar-refractivity contribution in [3.05, 3.63) is 12.2 Å². The van der Waals surface area contributed by atoms with Crippen molar-refractivity contribution < 1.29 is 86.4 Å². The average molecular weight is 751 g/mol. The van der Waals surface area contributed by atoms with Crippen LogP contribution in [-0.2, 0) is 65.9 Å². The van der Waals surface area contributed by atoms with Gasteiger partial charge in [0.1, 0.15) is 42.7 Å². The minimum absolute atomic E-state index is 0. The van der Waals surface area contributed by atoms with Crippen molar-refractivity contribution in [1.29, 1.82) is 0 Å². The van der Waals surface area contributed by atoms with Gasteiger partial charge in [0, 0.05) is 64.3 Å². The Morgan fingerprint density at radius 2 is 1.23 bits per heavy atom. The summed E-state index contributed by atoms with van der Waals surface area (Å²) in [6, 6.07) is -3.38. The van der Waals surface area contributed by atoms with Crippen molar-refractivity contribution in [2.24, 2.45) is 46.2 Å². The zero-order chi connectivity index (χ0) is 34.6. The van der Waals surface area contributed by atoms with E-state index in [-0.39, 0.29) is 70.2 Å². The smallest absolute Gasteiger partial charge is 0.187 e. The molecule has 3 saturated heterocycles. The number of amides is 1. The van der Waals surface area contributed by atoms with Gasteiger partial charge in [-0.1, -0.05) is 13.8 Å². The first-order valence-electron chi connectivity index (χ1n) is 15.3. The molecule has 19 atom stereocenters. The van der Waals surface area contributed by atoms with Gasteiger partial charge >= 0.3 is 0 Å². The predicted octanol–water partition coefficient (Wildman–Crippen LogP) is -5.16. The largest absolute Gasteiger partial charge is 0.697 e. The number of hydrogen-bond donors (Lipinski definition) is 10. The quantitative estimate of drug-likeness (QED) is 0.0737. The fourth-order valence-corrected chi connectivity index (χ4v) is 6.39. The molecule has 269 valence electrons. The van der Waals surface area contributed by atoms with E-state index in [2.05, 4.69) is 6.42 Å². The topological polar surface area (TPSA) is 333 Å². The normalized spacial score (nSPS) is 48.5. The molecule has 4 rings (SSSR count). The van der Waals surface area contributed by atoms with E-state index in [1.807, 2.05) is 13.8 Å². The predicted molar refractivity (Wildman–Crippen MR) is 160 cm³/mol. The van der Waals surface area contributed by atoms with Crippen molar-refractivity contribution in [3.8, 4) is 6.42 Å². The van der Waals surface area contributed by atoms with Crippen LogP contribution in [0.5, 0.6) is 0 Å². The Bertz CT molecular complexity index is 1010. The van der Waals surface area contributed by atoms with Gasteiger partial charge < -0.3 is 107 Å². The van der Waals surface area contributed by atoms with E-state index in [1.54, 1.807) is 0 Å². The van der Waals surface area contributed by atoms with Crippen LogP contribution < -0.4 is 34.4 Å². The summed E-state index contributed by atoms with van der Waals surface area (Å²) in [4.78, 5) is 11.8. The number of aliphatic hydroxyl groups is 4. The van der Waals surface area contributed by atoms with Gasteiger partial charge in [0.05, 0.1) is 36.3 Å². The maximum absolute atomic E-state index is 11.8. The summed E-state index contributed by atoms with van der Waals surface area (Å²) in [5, 5.41) is 43.0. The molecule has 0 bridgehead atoms. The molecule has 47 heavy (non-hydrogen) atoms. The monoisotopic (exact) mass is 750 g/mol. The van der Waals surface area contributed by atoms with Crippen LogP contribution in [0.25, 0.3) is 5.73 Å². The molecule has 4 aliphatic rings. The van der Waals surface area contributed by atoms with E-state index >= 15 is 0 Å². The molecule has 19 heteroatoms. The maximum Gasteiger partial charge on any atom is 0.187 e. The van der Waals surface area contributed by atoms with Crippen LogP contribution in [0.2, 0.25) is 0 Å². The molecule has 0 aromatic carbocycles. The molecule has 3 heterocycles. The number of hydrogen-bond acceptors (Lipinski definition) is 17. The maximum atomic E-state index is 11.8. The number of rotatable bonds is 10. The van der Waals surface area contributed by atoms with E-state index in [0.29, 0.717) is 0 Å². The molecule has 17 N–H and O–H groups in total. The van der Waals surface area contributed by atoms with Crippen molar-refractivity contribution in [3.63, 3.8) is 0 Å². The Kier molecular flexibility index (Phi) is 16.9. The summed E-state index contributed by atoms with van der Waals surface area (Å²) in [5.41, 5.74) is 44.1. The van der Waals surface area contributed by atoms with Crippen LogP contribution in [0.3, 0.4) is 0 Å². The Morgan fingerprint density at radius 3 is 1.81 bits per heavy atom. The SMILES string of the molecule is C[C@@H]1C(N)[C@H](O[C@H]2C(N)C[C@@H](N)C(O)[C@H]2O[C@@H]2O[C@H](CC([NH-])=O)[C@H](O[C@H]3O[C@@H](CN)[C@@H](O)C(O)C3N)C2O)OC(CN)[C@@H]1C.[C-]#C.[Y]. The first-order chi connectivity index (χ1) is 21.7. The second kappa shape index (κ2) is 18.6. The van der Waals surface area contributed by atoms with Crippen molar-refractivity contribution in [2.75, 3.05) is 13.1 Å². The number of carbonyl (C=O) groups is 1. The molecule has 1 aliphatic carbocycles. The molecule has 7 unspecified atom stereocenters. The van der Waals surface area contributed by atoms with Gasteiger partial charge in [-0.05, 0) is 18.3 Å². The van der Waals surface area contributed by atoms with Crippen LogP contribution in [0.1, 0.15) is 26.7 Å². The average Bonchev–Trinajstić information content (AvgIpc) is 3.30. The third kappa shape index (κ3) is 9.44. The summed E-state index contributed by atoms with van der Waals surface area (Å²) < 4.78 is 35.7. The van der Waals surface area contributed by atoms with Crippen molar-refractivity contribution >= 4 is 5.91 Å². The van der Waals surface area contributed by atoms with Gasteiger partial charge in [-0.3, -0.25) is 0 Å². The molecule has 0 spiro atoms.